The van der Waals surface area contributed by atoms with E-state index in [1.54, 1.807) is 0 Å². The van der Waals surface area contributed by atoms with Gasteiger partial charge in [0.25, 0.3) is 0 Å². The predicted octanol–water partition coefficient (Wildman–Crippen LogP) is 4.87. The van der Waals surface area contributed by atoms with Gasteiger partial charge in [-0.1, -0.05) is 36.4 Å². The van der Waals surface area contributed by atoms with Gasteiger partial charge in [0.05, 0.1) is 46.8 Å². The number of benzene rings is 1. The van der Waals surface area contributed by atoms with Gasteiger partial charge in [-0.2, -0.15) is 31.6 Å². The molecule has 1 aromatic rings. The number of nitrogens with two attached hydrogens (primary N) is 2. The third kappa shape index (κ3) is 3.38. The van der Waals surface area contributed by atoms with Crippen molar-refractivity contribution in [3.05, 3.63) is 81.2 Å². The van der Waals surface area contributed by atoms with E-state index in [4.69, 9.17) is 11.5 Å². The van der Waals surface area contributed by atoms with Crippen LogP contribution in [0.2, 0.25) is 0 Å². The van der Waals surface area contributed by atoms with Gasteiger partial charge >= 0.3 is 0 Å². The second kappa shape index (κ2) is 9.79. The molecule has 4 N–H and O–H groups in total. The molecule has 0 saturated carbocycles. The predicted molar refractivity (Wildman–Crippen MR) is 144 cm³/mol. The summed E-state index contributed by atoms with van der Waals surface area (Å²) in [7, 11) is 0. The summed E-state index contributed by atoms with van der Waals surface area (Å²) in [6.45, 7) is 0. The zero-order chi connectivity index (χ0) is 28.7. The molecule has 4 aliphatic rings. The second-order valence-corrected chi connectivity index (χ2v) is 10.9. The van der Waals surface area contributed by atoms with Crippen LogP contribution in [0.15, 0.2) is 70.1 Å². The van der Waals surface area contributed by atoms with Gasteiger partial charge in [-0.15, -0.1) is 0 Å². The van der Waals surface area contributed by atoms with Crippen molar-refractivity contribution in [2.45, 2.75) is 50.4 Å². The maximum absolute atomic E-state index is 10.3. The van der Waals surface area contributed by atoms with E-state index in [1.807, 2.05) is 36.4 Å². The molecule has 5 rings (SSSR count). The molecule has 40 heavy (non-hydrogen) atoms. The van der Waals surface area contributed by atoms with Gasteiger partial charge in [0, 0.05) is 11.8 Å². The fraction of sp³-hybridized carbons (Fsp3) is 0.375. The molecule has 0 amide bonds. The minimum absolute atomic E-state index is 0.0161. The van der Waals surface area contributed by atoms with Crippen molar-refractivity contribution in [3.63, 3.8) is 0 Å². The summed E-state index contributed by atoms with van der Waals surface area (Å²) in [6.07, 6.45) is 8.74. The molecule has 0 fully saturated rings. The lowest BCUT2D eigenvalue weighted by Gasteiger charge is -2.44. The summed E-state index contributed by atoms with van der Waals surface area (Å²) < 4.78 is 0. The van der Waals surface area contributed by atoms with E-state index in [0.717, 1.165) is 48.0 Å². The maximum atomic E-state index is 10.3. The summed E-state index contributed by atoms with van der Waals surface area (Å²) in [4.78, 5) is 0. The Hall–Kier alpha value is -5.28. The highest BCUT2D eigenvalue weighted by atomic mass is 14.7. The Bertz CT molecular complexity index is 1510. The lowest BCUT2D eigenvalue weighted by molar-refractivity contribution is 0.313. The van der Waals surface area contributed by atoms with E-state index in [1.165, 1.54) is 0 Å². The Morgan fingerprint density at radius 3 is 1.25 bits per heavy atom. The molecule has 0 unspecified atom stereocenters. The van der Waals surface area contributed by atoms with Crippen LogP contribution in [0.1, 0.15) is 61.5 Å². The highest BCUT2D eigenvalue weighted by molar-refractivity contribution is 5.61. The zero-order valence-electron chi connectivity index (χ0n) is 21.9. The van der Waals surface area contributed by atoms with Crippen LogP contribution in [-0.4, -0.2) is 0 Å². The topological polar surface area (TPSA) is 195 Å². The van der Waals surface area contributed by atoms with Crippen LogP contribution in [0.3, 0.4) is 0 Å². The lowest BCUT2D eigenvalue weighted by Crippen LogP contribution is -2.43. The Labute approximate surface area is 233 Å². The Balaban J connectivity index is 1.67. The minimum atomic E-state index is -1.71. The van der Waals surface area contributed by atoms with Crippen LogP contribution < -0.4 is 11.5 Å². The first-order chi connectivity index (χ1) is 19.4. The van der Waals surface area contributed by atoms with Gasteiger partial charge in [-0.25, -0.2) is 0 Å². The Morgan fingerprint density at radius 1 is 0.600 bits per heavy atom. The summed E-state index contributed by atoms with van der Waals surface area (Å²) in [5.41, 5.74) is 12.8. The molecule has 0 spiro atoms. The van der Waals surface area contributed by atoms with E-state index in [-0.39, 0.29) is 34.4 Å². The first-order valence-electron chi connectivity index (χ1n) is 13.3. The fourth-order valence-electron chi connectivity index (χ4n) is 7.41. The van der Waals surface area contributed by atoms with Gasteiger partial charge in [-0.05, 0) is 72.6 Å². The van der Waals surface area contributed by atoms with Crippen LogP contribution in [0, 0.1) is 90.7 Å². The van der Waals surface area contributed by atoms with Gasteiger partial charge < -0.3 is 11.5 Å². The van der Waals surface area contributed by atoms with E-state index < -0.39 is 22.7 Å². The molecule has 4 atom stereocenters. The second-order valence-electron chi connectivity index (χ2n) is 10.9. The minimum Gasteiger partial charge on any atom is -0.399 e. The third-order valence-corrected chi connectivity index (χ3v) is 9.25. The molecule has 0 saturated heterocycles. The van der Waals surface area contributed by atoms with Crippen molar-refractivity contribution in [1.29, 1.82) is 31.6 Å². The number of rotatable bonds is 2. The summed E-state index contributed by atoms with van der Waals surface area (Å²) in [5.74, 6) is -1.64. The molecule has 0 heterocycles. The van der Waals surface area contributed by atoms with E-state index in [9.17, 15) is 31.6 Å². The van der Waals surface area contributed by atoms with Crippen LogP contribution >= 0.6 is 0 Å². The molecule has 0 bridgehead atoms. The van der Waals surface area contributed by atoms with Gasteiger partial charge in [-0.3, -0.25) is 0 Å². The first-order valence-corrected chi connectivity index (χ1v) is 13.3. The molecule has 8 nitrogen and oxygen atoms in total. The molecule has 194 valence electrons. The van der Waals surface area contributed by atoms with E-state index in [0.29, 0.717) is 12.8 Å². The molecular formula is C32H26N8. The van der Waals surface area contributed by atoms with Crippen LogP contribution in [-0.2, 0) is 0 Å². The SMILES string of the molecule is N#CC1=C(N)C(C#N)(C#N)[C@H](c2ccc([C@@H]3[C@@H]4CCCC=C4C(C#N)=C(N)C3(C#N)C#N)cc2)[C@@H]2CCCC=C12. The third-order valence-electron chi connectivity index (χ3n) is 9.25. The maximum Gasteiger partial charge on any atom is 0.191 e. The summed E-state index contributed by atoms with van der Waals surface area (Å²) in [5, 5.41) is 61.0. The number of fused-ring (bicyclic) bond motifs is 2. The van der Waals surface area contributed by atoms with E-state index >= 15 is 0 Å². The Morgan fingerprint density at radius 2 is 0.950 bits per heavy atom. The van der Waals surface area contributed by atoms with Crippen molar-refractivity contribution in [2.24, 2.45) is 34.1 Å². The monoisotopic (exact) mass is 522 g/mol. The fourth-order valence-corrected chi connectivity index (χ4v) is 7.41. The smallest absolute Gasteiger partial charge is 0.191 e. The average molecular weight is 523 g/mol. The number of nitrogens with zero attached hydrogens (tertiary/aromatic N) is 6. The molecule has 0 aromatic heterocycles. The van der Waals surface area contributed by atoms with Gasteiger partial charge in [0.1, 0.15) is 12.1 Å². The van der Waals surface area contributed by atoms with Crippen molar-refractivity contribution in [3.8, 4) is 36.4 Å². The zero-order valence-corrected chi connectivity index (χ0v) is 21.9. The number of hydrogen-bond donors (Lipinski definition) is 2. The normalized spacial score (nSPS) is 27.9. The van der Waals surface area contributed by atoms with Crippen molar-refractivity contribution >= 4 is 0 Å². The molecule has 1 aromatic carbocycles. The van der Waals surface area contributed by atoms with Crippen LogP contribution in [0.25, 0.3) is 0 Å². The van der Waals surface area contributed by atoms with Gasteiger partial charge in [0.2, 0.25) is 0 Å². The quantitative estimate of drug-likeness (QED) is 0.548. The number of hydrogen-bond acceptors (Lipinski definition) is 8. The Kier molecular flexibility index (Phi) is 6.45. The highest BCUT2D eigenvalue weighted by Crippen LogP contribution is 2.58. The van der Waals surface area contributed by atoms with Crippen LogP contribution in [0.4, 0.5) is 0 Å². The highest BCUT2D eigenvalue weighted by Gasteiger charge is 2.55. The lowest BCUT2D eigenvalue weighted by atomic mass is 9.55. The summed E-state index contributed by atoms with van der Waals surface area (Å²) >= 11 is 0. The summed E-state index contributed by atoms with van der Waals surface area (Å²) in [6, 6.07) is 20.3. The molecular weight excluding hydrogens is 496 g/mol. The number of nitriles is 6. The number of allylic oxidation sites excluding steroid dienone is 8. The van der Waals surface area contributed by atoms with E-state index in [2.05, 4.69) is 36.4 Å². The first kappa shape index (κ1) is 26.3. The average Bonchev–Trinajstić information content (AvgIpc) is 3.00. The van der Waals surface area contributed by atoms with Crippen LogP contribution in [0.5, 0.6) is 0 Å². The molecule has 8 heteroatoms. The standard InChI is InChI=1S/C32H26N8/c33-13-25-21-5-1-3-7-23(21)27(31(15-35,16-36)29(25)39)19-9-11-20(12-10-19)28-24-8-4-2-6-22(24)26(14-34)30(40)32(28,17-37)18-38/h5-6,9-12,23-24,27-28H,1-4,7-8,39-40H2/t23-,24-,27-,28-/m1/s1. The van der Waals surface area contributed by atoms with Gasteiger partial charge in [0.15, 0.2) is 10.8 Å². The van der Waals surface area contributed by atoms with Crippen molar-refractivity contribution < 1.29 is 0 Å². The largest absolute Gasteiger partial charge is 0.399 e. The molecule has 0 radical (unpaired) electrons. The molecule has 0 aliphatic heterocycles. The van der Waals surface area contributed by atoms with Crippen molar-refractivity contribution in [1.82, 2.24) is 0 Å². The molecule has 4 aliphatic carbocycles. The van der Waals surface area contributed by atoms with Crippen molar-refractivity contribution in [2.75, 3.05) is 0 Å².